The van der Waals surface area contributed by atoms with Gasteiger partial charge in [0.2, 0.25) is 20.0 Å². The van der Waals surface area contributed by atoms with Gasteiger partial charge in [0.1, 0.15) is 23.7 Å². The molecule has 22 nitrogen and oxygen atoms in total. The SMILES string of the molecule is Cc1cc(S(=O)(=O)NCCOCCOCCNC(=O)NCCCCNC(=O)NCCOCCOCCNS(=O)(=O)c2ccc(O[C@H]3c4cc(Cl)cc(C#N)c4C[C@@H]3N(C)C)c(C)c2)ccc1O[C@H]1c2cc(Cl)cc(C#N)c2C[C@@H]1N(C)C. The molecule has 0 unspecified atom stereocenters. The second-order valence-corrected chi connectivity index (χ2v) is 24.4. The van der Waals surface area contributed by atoms with Crippen LogP contribution < -0.4 is 40.2 Å². The summed E-state index contributed by atoms with van der Waals surface area (Å²) in [6.45, 7) is 6.70. The smallest absolute Gasteiger partial charge is 0.314 e. The van der Waals surface area contributed by atoms with Crippen LogP contribution in [-0.2, 0) is 51.8 Å². The maximum atomic E-state index is 13.1. The van der Waals surface area contributed by atoms with Crippen LogP contribution in [0.15, 0.2) is 70.5 Å². The number of carbonyl (C=O) groups excluding carboxylic acids is 2. The molecule has 4 atom stereocenters. The van der Waals surface area contributed by atoms with Gasteiger partial charge in [-0.1, -0.05) is 23.2 Å². The van der Waals surface area contributed by atoms with E-state index in [-0.39, 0.29) is 113 Å². The third-order valence-corrected chi connectivity index (χ3v) is 17.0. The normalized spacial score (nSPS) is 16.5. The Bertz CT molecular complexity index is 2940. The van der Waals surface area contributed by atoms with Crippen molar-refractivity contribution in [1.82, 2.24) is 40.5 Å². The quantitative estimate of drug-likeness (QED) is 0.0332. The van der Waals surface area contributed by atoms with Crippen molar-refractivity contribution in [2.24, 2.45) is 0 Å². The van der Waals surface area contributed by atoms with Gasteiger partial charge >= 0.3 is 12.1 Å². The molecule has 0 bridgehead atoms. The van der Waals surface area contributed by atoms with Crippen LogP contribution >= 0.6 is 23.2 Å². The molecule has 4 aromatic rings. The van der Waals surface area contributed by atoms with Crippen molar-refractivity contribution < 1.29 is 54.8 Å². The number of aryl methyl sites for hydroxylation is 2. The largest absolute Gasteiger partial charge is 0.484 e. The number of fused-ring (bicyclic) bond motifs is 2. The summed E-state index contributed by atoms with van der Waals surface area (Å²) in [6.07, 6.45) is 1.69. The predicted molar refractivity (Wildman–Crippen MR) is 309 cm³/mol. The van der Waals surface area contributed by atoms with E-state index >= 15 is 0 Å². The first-order chi connectivity index (χ1) is 39.2. The zero-order valence-electron chi connectivity index (χ0n) is 47.1. The van der Waals surface area contributed by atoms with Gasteiger partial charge in [-0.2, -0.15) is 10.5 Å². The number of unbranched alkanes of at least 4 members (excludes halogenated alkanes) is 1. The molecule has 6 rings (SSSR count). The molecule has 0 heterocycles. The van der Waals surface area contributed by atoms with Crippen molar-refractivity contribution in [2.75, 3.05) is 120 Å². The summed E-state index contributed by atoms with van der Waals surface area (Å²) < 4.78 is 92.3. The average Bonchev–Trinajstić information content (AvgIpc) is 3.61. The number of benzene rings is 4. The van der Waals surface area contributed by atoms with E-state index in [2.05, 4.69) is 42.8 Å². The second-order valence-electron chi connectivity index (χ2n) is 20.0. The van der Waals surface area contributed by atoms with Gasteiger partial charge in [0, 0.05) is 49.3 Å². The van der Waals surface area contributed by atoms with Gasteiger partial charge in [0.15, 0.2) is 0 Å². The molecule has 2 aliphatic carbocycles. The minimum atomic E-state index is -3.84. The highest BCUT2D eigenvalue weighted by Crippen LogP contribution is 2.43. The van der Waals surface area contributed by atoms with E-state index in [9.17, 15) is 36.9 Å². The van der Waals surface area contributed by atoms with Crippen molar-refractivity contribution in [3.05, 3.63) is 115 Å². The molecule has 0 fully saturated rings. The topological polar surface area (TPSA) is 284 Å². The predicted octanol–water partition coefficient (Wildman–Crippen LogP) is 5.27. The fourth-order valence-electron chi connectivity index (χ4n) is 9.39. The van der Waals surface area contributed by atoms with Crippen LogP contribution in [-0.4, -0.2) is 171 Å². The Balaban J connectivity index is 0.715. The molecular weight excluding hydrogens is 1140 g/mol. The lowest BCUT2D eigenvalue weighted by atomic mass is 10.0. The molecule has 4 aromatic carbocycles. The lowest BCUT2D eigenvalue weighted by Gasteiger charge is -2.28. The Morgan fingerprint density at radius 1 is 0.537 bits per heavy atom. The molecule has 446 valence electrons. The second kappa shape index (κ2) is 31.7. The van der Waals surface area contributed by atoms with Gasteiger partial charge in [-0.3, -0.25) is 0 Å². The highest BCUT2D eigenvalue weighted by Gasteiger charge is 2.39. The van der Waals surface area contributed by atoms with E-state index < -0.39 is 32.3 Å². The molecule has 4 amide bonds. The van der Waals surface area contributed by atoms with Gasteiger partial charge in [-0.15, -0.1) is 0 Å². The third-order valence-electron chi connectivity index (χ3n) is 13.7. The number of nitriles is 2. The number of nitrogens with one attached hydrogen (secondary N) is 6. The van der Waals surface area contributed by atoms with Crippen molar-refractivity contribution >= 4 is 55.3 Å². The molecule has 0 spiro atoms. The summed E-state index contributed by atoms with van der Waals surface area (Å²) in [5.74, 6) is 1.05. The summed E-state index contributed by atoms with van der Waals surface area (Å²) in [5.41, 5.74) is 5.78. The lowest BCUT2D eigenvalue weighted by molar-refractivity contribution is 0.0516. The number of nitrogens with zero attached hydrogens (tertiary/aromatic N) is 4. The van der Waals surface area contributed by atoms with E-state index in [4.69, 9.17) is 51.6 Å². The minimum Gasteiger partial charge on any atom is -0.484 e. The highest BCUT2D eigenvalue weighted by molar-refractivity contribution is 7.89. The number of sulfonamides is 2. The van der Waals surface area contributed by atoms with Crippen molar-refractivity contribution in [2.45, 2.75) is 73.6 Å². The molecule has 6 N–H and O–H groups in total. The Morgan fingerprint density at radius 3 is 1.23 bits per heavy atom. The summed E-state index contributed by atoms with van der Waals surface area (Å²) >= 11 is 12.7. The van der Waals surface area contributed by atoms with Crippen LogP contribution in [0.3, 0.4) is 0 Å². The summed E-state index contributed by atoms with van der Waals surface area (Å²) in [5, 5.41) is 31.2. The maximum Gasteiger partial charge on any atom is 0.314 e. The van der Waals surface area contributed by atoms with E-state index in [1.54, 1.807) is 50.2 Å². The van der Waals surface area contributed by atoms with Crippen LogP contribution in [0.4, 0.5) is 9.59 Å². The first-order valence-corrected chi connectivity index (χ1v) is 30.6. The average molecular weight is 1210 g/mol. The summed E-state index contributed by atoms with van der Waals surface area (Å²) in [4.78, 5) is 28.5. The Morgan fingerprint density at radius 2 is 0.890 bits per heavy atom. The number of halogens is 2. The fourth-order valence-corrected chi connectivity index (χ4v) is 12.0. The van der Waals surface area contributed by atoms with Gasteiger partial charge in [-0.25, -0.2) is 35.9 Å². The number of amides is 4. The van der Waals surface area contributed by atoms with Crippen molar-refractivity contribution in [3.63, 3.8) is 0 Å². The van der Waals surface area contributed by atoms with E-state index in [1.165, 1.54) is 12.1 Å². The number of hydrogen-bond acceptors (Lipinski definition) is 16. The Kier molecular flexibility index (Phi) is 25.3. The van der Waals surface area contributed by atoms with Gasteiger partial charge in [0.25, 0.3) is 0 Å². The standard InChI is InChI=1S/C56H74Cl2N10O12S2/c1-37-27-43(9-11-51(37)79-53-47-31-41(57)29-39(35-59)45(47)33-49(53)67(3)4)81(71,72)65-17-21-77-25-23-75-19-15-63-55(69)61-13-7-8-14-62-56(70)64-16-20-76-24-26-78-22-18-66-82(73,74)44-10-12-52(38(2)28-44)80-54-48-32-42(58)30-40(36-60)46(48)34-50(54)68(5)6/h9-12,27-32,49-50,53-54,65-66H,7-8,13-26,33-34H2,1-6H3,(H2,61,63,69)(H2,62,64,70)/t49-,50-,53-,54-/m0/s1. The number of ether oxygens (including phenoxy) is 6. The maximum absolute atomic E-state index is 13.1. The van der Waals surface area contributed by atoms with Crippen LogP contribution in [0.1, 0.15) is 69.6 Å². The number of urea groups is 2. The highest BCUT2D eigenvalue weighted by atomic mass is 35.5. The monoisotopic (exact) mass is 1210 g/mol. The summed E-state index contributed by atoms with van der Waals surface area (Å²) in [7, 11) is 0.115. The molecule has 26 heteroatoms. The number of hydrogen-bond donors (Lipinski definition) is 6. The van der Waals surface area contributed by atoms with E-state index in [1.807, 2.05) is 50.1 Å². The van der Waals surface area contributed by atoms with Crippen LogP contribution in [0, 0.1) is 36.5 Å². The van der Waals surface area contributed by atoms with Gasteiger partial charge in [0.05, 0.1) is 98.0 Å². The number of rotatable bonds is 33. The Labute approximate surface area is 491 Å². The van der Waals surface area contributed by atoms with Crippen LogP contribution in [0.2, 0.25) is 10.0 Å². The molecule has 2 aliphatic rings. The van der Waals surface area contributed by atoms with Gasteiger partial charge in [-0.05, 0) is 162 Å². The molecule has 0 saturated carbocycles. The molecule has 0 aliphatic heterocycles. The van der Waals surface area contributed by atoms with Crippen LogP contribution in [0.25, 0.3) is 0 Å². The summed E-state index contributed by atoms with van der Waals surface area (Å²) in [6, 6.07) is 20.0. The van der Waals surface area contributed by atoms with Gasteiger partial charge < -0.3 is 59.5 Å². The first kappa shape index (κ1) is 65.3. The molecule has 0 aromatic heterocycles. The zero-order valence-corrected chi connectivity index (χ0v) is 50.2. The van der Waals surface area contributed by atoms with Crippen molar-refractivity contribution in [1.29, 1.82) is 10.5 Å². The first-order valence-electron chi connectivity index (χ1n) is 26.9. The Hall–Kier alpha value is -5.84. The molecule has 82 heavy (non-hydrogen) atoms. The van der Waals surface area contributed by atoms with E-state index in [0.29, 0.717) is 82.6 Å². The zero-order chi connectivity index (χ0) is 59.4. The molecular formula is C56H74Cl2N10O12S2. The number of carbonyl (C=O) groups is 2. The van der Waals surface area contributed by atoms with E-state index in [0.717, 1.165) is 22.3 Å². The fraction of sp³-hybridized carbons (Fsp3) is 0.500. The molecule has 0 radical (unpaired) electrons. The third kappa shape index (κ3) is 18.8. The minimum absolute atomic E-state index is 0.0456. The number of likely N-dealkylation sites (N-methyl/N-ethyl adjacent to an activating group) is 2. The molecule has 0 saturated heterocycles. The van der Waals surface area contributed by atoms with Crippen molar-refractivity contribution in [3.8, 4) is 23.6 Å². The van der Waals surface area contributed by atoms with Crippen LogP contribution in [0.5, 0.6) is 11.5 Å². The lowest BCUT2D eigenvalue weighted by Crippen LogP contribution is -2.39.